The molecule has 0 radical (unpaired) electrons. The van der Waals surface area contributed by atoms with Gasteiger partial charge in [-0.15, -0.1) is 0 Å². The zero-order valence-electron chi connectivity index (χ0n) is 52.4. The number of fused-ring (bicyclic) bond motifs is 2. The second kappa shape index (κ2) is 26.7. The molecule has 8 aromatic rings. The molecule has 0 atom stereocenters. The van der Waals surface area contributed by atoms with Crippen LogP contribution < -0.4 is 9.80 Å². The van der Waals surface area contributed by atoms with E-state index in [1.165, 1.54) is 89.4 Å². The van der Waals surface area contributed by atoms with Gasteiger partial charge in [-0.2, -0.15) is 9.15 Å². The third-order valence-corrected chi connectivity index (χ3v) is 17.6. The van der Waals surface area contributed by atoms with E-state index in [0.29, 0.717) is 5.92 Å². The van der Waals surface area contributed by atoms with E-state index in [0.717, 1.165) is 84.1 Å². The van der Waals surface area contributed by atoms with E-state index in [9.17, 15) is 0 Å². The quantitative estimate of drug-likeness (QED) is 0.0383. The number of anilines is 2. The minimum atomic E-state index is 0.302. The van der Waals surface area contributed by atoms with Crippen molar-refractivity contribution in [3.8, 4) is 22.5 Å². The van der Waals surface area contributed by atoms with Gasteiger partial charge >= 0.3 is 0 Å². The van der Waals surface area contributed by atoms with Gasteiger partial charge in [0.15, 0.2) is 11.4 Å². The summed E-state index contributed by atoms with van der Waals surface area (Å²) in [7, 11) is 4.39. The molecule has 0 saturated heterocycles. The lowest BCUT2D eigenvalue weighted by Gasteiger charge is -2.28. The molecule has 3 aliphatic carbocycles. The maximum Gasteiger partial charge on any atom is 0.205 e. The molecule has 3 aliphatic rings. The summed E-state index contributed by atoms with van der Waals surface area (Å²) in [4.78, 5) is 4.99. The van der Waals surface area contributed by atoms with Crippen LogP contribution in [-0.2, 0) is 14.1 Å². The van der Waals surface area contributed by atoms with Gasteiger partial charge in [0.2, 0.25) is 11.4 Å². The molecule has 438 valence electrons. The highest BCUT2D eigenvalue weighted by atomic mass is 15.1. The van der Waals surface area contributed by atoms with Crippen LogP contribution in [0.2, 0.25) is 0 Å². The van der Waals surface area contributed by atoms with Crippen molar-refractivity contribution in [3.63, 3.8) is 0 Å². The van der Waals surface area contributed by atoms with Gasteiger partial charge in [-0.05, 0) is 166 Å². The first-order valence-electron chi connectivity index (χ1n) is 31.2. The Morgan fingerprint density at radius 2 is 0.898 bits per heavy atom. The van der Waals surface area contributed by atoms with Gasteiger partial charge in [0, 0.05) is 125 Å². The fourth-order valence-corrected chi connectivity index (χ4v) is 13.2. The van der Waals surface area contributed by atoms with Crippen molar-refractivity contribution < 1.29 is 9.15 Å². The molecule has 0 unspecified atom stereocenters. The zero-order chi connectivity index (χ0) is 61.4. The van der Waals surface area contributed by atoms with Crippen LogP contribution in [0.1, 0.15) is 69.7 Å². The summed E-state index contributed by atoms with van der Waals surface area (Å²) in [5, 5.41) is 2.44. The van der Waals surface area contributed by atoms with E-state index >= 15 is 0 Å². The van der Waals surface area contributed by atoms with Crippen LogP contribution in [0.15, 0.2) is 303 Å². The number of para-hydroxylation sites is 2. The fourth-order valence-electron chi connectivity index (χ4n) is 13.2. The first-order valence-corrected chi connectivity index (χ1v) is 31.2. The number of allylic oxidation sites excluding steroid dienone is 16. The first-order chi connectivity index (χ1) is 43.0. The van der Waals surface area contributed by atoms with Crippen LogP contribution >= 0.6 is 0 Å². The number of aromatic nitrogens is 2. The van der Waals surface area contributed by atoms with Crippen molar-refractivity contribution >= 4 is 55.8 Å². The largest absolute Gasteiger partial charge is 0.346 e. The second-order valence-electron chi connectivity index (χ2n) is 22.5. The minimum Gasteiger partial charge on any atom is -0.346 e. The number of nitrogens with zero attached hydrogens (tertiary/aromatic N) is 6. The molecule has 0 fully saturated rings. The van der Waals surface area contributed by atoms with Gasteiger partial charge < -0.3 is 18.9 Å². The zero-order valence-corrected chi connectivity index (χ0v) is 52.4. The average molecular weight is 1150 g/mol. The lowest BCUT2D eigenvalue weighted by molar-refractivity contribution is -0.465. The Hall–Kier alpha value is -10.0. The summed E-state index contributed by atoms with van der Waals surface area (Å²) in [5.74, 6) is 0.302. The van der Waals surface area contributed by atoms with E-state index < -0.39 is 0 Å². The van der Waals surface area contributed by atoms with Crippen molar-refractivity contribution in [1.82, 2.24) is 9.13 Å². The summed E-state index contributed by atoms with van der Waals surface area (Å²) in [5.41, 5.74) is 25.5. The van der Waals surface area contributed by atoms with Gasteiger partial charge in [-0.1, -0.05) is 159 Å². The lowest BCUT2D eigenvalue weighted by Crippen LogP contribution is -2.24. The predicted molar refractivity (Wildman–Crippen MR) is 378 cm³/mol. The summed E-state index contributed by atoms with van der Waals surface area (Å²) < 4.78 is 9.11. The maximum atomic E-state index is 4.29. The molecular formula is C82H82N6+2. The Bertz CT molecular complexity index is 4330. The Labute approximate surface area is 522 Å². The van der Waals surface area contributed by atoms with E-state index in [1.54, 1.807) is 0 Å². The lowest BCUT2D eigenvalue weighted by atomic mass is 9.87. The van der Waals surface area contributed by atoms with Crippen molar-refractivity contribution in [2.24, 2.45) is 20.0 Å². The van der Waals surface area contributed by atoms with Crippen molar-refractivity contribution in [3.05, 3.63) is 325 Å². The Balaban J connectivity index is 0.905. The topological polar surface area (TPSA) is 22.4 Å². The SMILES string of the molecule is C=CC(=C)[N+](CC)=C1C=CC(=C(c2ccc(N(CC)/C(=C/C)CC/C=C(\C3C=C3)N(CC)c3ccc(C(=C4C=CC(=[N+](CC)C(=C)C=C)C=C4)c4c(-c5ccccc5)n(C)c5ccccc45)cc3)cc2)c2c(-c3ccccc3)n(C)c3ccccc23)C=C1. The van der Waals surface area contributed by atoms with Crippen LogP contribution in [0.4, 0.5) is 11.4 Å². The molecule has 0 spiro atoms. The third-order valence-electron chi connectivity index (χ3n) is 17.6. The highest BCUT2D eigenvalue weighted by molar-refractivity contribution is 6.10. The molecule has 0 bridgehead atoms. The van der Waals surface area contributed by atoms with E-state index in [2.05, 4.69) is 334 Å². The smallest absolute Gasteiger partial charge is 0.205 e. The minimum absolute atomic E-state index is 0.302. The molecule has 6 aromatic carbocycles. The summed E-state index contributed by atoms with van der Waals surface area (Å²) in [6.07, 6.45) is 32.8. The van der Waals surface area contributed by atoms with Gasteiger partial charge in [0.1, 0.15) is 13.1 Å². The number of hydrogen-bond donors (Lipinski definition) is 0. The summed E-state index contributed by atoms with van der Waals surface area (Å²) in [6, 6.07) is 57.9. The molecule has 0 N–H and O–H groups in total. The van der Waals surface area contributed by atoms with Crippen molar-refractivity contribution in [2.45, 2.75) is 47.5 Å². The Morgan fingerprint density at radius 3 is 1.27 bits per heavy atom. The van der Waals surface area contributed by atoms with Crippen LogP contribution in [0, 0.1) is 5.92 Å². The molecule has 2 heterocycles. The molecule has 0 saturated carbocycles. The van der Waals surface area contributed by atoms with Gasteiger partial charge in [0.05, 0.1) is 11.4 Å². The molecule has 2 aromatic heterocycles. The highest BCUT2D eigenvalue weighted by Crippen LogP contribution is 2.45. The first kappa shape index (κ1) is 59.7. The molecule has 11 rings (SSSR count). The molecule has 88 heavy (non-hydrogen) atoms. The normalized spacial score (nSPS) is 13.9. The summed E-state index contributed by atoms with van der Waals surface area (Å²) >= 11 is 0. The van der Waals surface area contributed by atoms with E-state index in [-0.39, 0.29) is 0 Å². The number of likely N-dealkylation sites (N-methyl/N-ethyl adjacent to an activating group) is 2. The third kappa shape index (κ3) is 11.7. The average Bonchev–Trinajstić information content (AvgIpc) is 1.97. The highest BCUT2D eigenvalue weighted by Gasteiger charge is 2.28. The van der Waals surface area contributed by atoms with Crippen LogP contribution in [-0.4, -0.2) is 55.9 Å². The Morgan fingerprint density at radius 1 is 0.500 bits per heavy atom. The molecule has 6 nitrogen and oxygen atoms in total. The monoisotopic (exact) mass is 1150 g/mol. The molecule has 0 amide bonds. The second-order valence-corrected chi connectivity index (χ2v) is 22.5. The molecule has 0 aliphatic heterocycles. The molecule has 6 heteroatoms. The maximum absolute atomic E-state index is 4.29. The van der Waals surface area contributed by atoms with Crippen molar-refractivity contribution in [1.29, 1.82) is 0 Å². The number of rotatable bonds is 22. The predicted octanol–water partition coefficient (Wildman–Crippen LogP) is 19.3. The van der Waals surface area contributed by atoms with Crippen LogP contribution in [0.5, 0.6) is 0 Å². The number of hydrogen-bond acceptors (Lipinski definition) is 2. The van der Waals surface area contributed by atoms with Crippen molar-refractivity contribution in [2.75, 3.05) is 36.0 Å². The molecular weight excluding hydrogens is 1070 g/mol. The van der Waals surface area contributed by atoms with Gasteiger partial charge in [-0.25, -0.2) is 0 Å². The van der Waals surface area contributed by atoms with Gasteiger partial charge in [0.25, 0.3) is 0 Å². The van der Waals surface area contributed by atoms with Crippen LogP contribution in [0.25, 0.3) is 55.5 Å². The number of aryl methyl sites for hydroxylation is 2. The summed E-state index contributed by atoms with van der Waals surface area (Å²) in [6.45, 7) is 30.9. The number of benzene rings is 6. The van der Waals surface area contributed by atoms with E-state index in [1.807, 2.05) is 12.2 Å². The van der Waals surface area contributed by atoms with Crippen LogP contribution in [0.3, 0.4) is 0 Å². The van der Waals surface area contributed by atoms with E-state index in [4.69, 9.17) is 0 Å². The Kier molecular flexibility index (Phi) is 18.1. The van der Waals surface area contributed by atoms with Gasteiger partial charge in [-0.3, -0.25) is 0 Å². The fraction of sp³-hybridized carbons (Fsp3) is 0.171. The standard InChI is InChI=1S/C82H82N6/c1-12-58(8)85(15-4)68-50-42-61(43-51-68)77(79-72-35-25-27-37-75(72)83(10)81(79)65-30-21-19-22-31-65)63-46-54-70(55-47-63)87(17-6)67(14-3)34-29-39-74(60-40-41-60)88(18-7)71-56-48-64(49-57-71)78(62-44-52-69(53-45-62)86(16-5)59(9)13-2)80-73-36-26-28-38-76(73)84(11)82(80)66-32-23-20-24-33-66/h12-14,19-28,30-33,35-57,60H,1-2,8-9,15-18,29,34H2,3-7,10-11H3/q+2/b67-14+,74-39+.